The second-order valence-electron chi connectivity index (χ2n) is 4.60. The number of carbonyl (C=O) groups excluding carboxylic acids is 2. The summed E-state index contributed by atoms with van der Waals surface area (Å²) in [5, 5.41) is 9.91. The van der Waals surface area contributed by atoms with Crippen LogP contribution in [0.1, 0.15) is 24.2 Å². The van der Waals surface area contributed by atoms with Crippen molar-refractivity contribution < 1.29 is 19.4 Å². The molecule has 6 heteroatoms. The summed E-state index contributed by atoms with van der Waals surface area (Å²) < 4.78 is 4.91. The van der Waals surface area contributed by atoms with Crippen molar-refractivity contribution in [1.82, 2.24) is 4.90 Å². The van der Waals surface area contributed by atoms with E-state index in [0.717, 1.165) is 5.57 Å². The third-order valence-corrected chi connectivity index (χ3v) is 2.94. The minimum Gasteiger partial charge on any atom is -0.507 e. The van der Waals surface area contributed by atoms with Gasteiger partial charge in [-0.15, -0.1) is 0 Å². The summed E-state index contributed by atoms with van der Waals surface area (Å²) in [6.45, 7) is 7.91. The van der Waals surface area contributed by atoms with Gasteiger partial charge >= 0.3 is 5.97 Å². The smallest absolute Gasteiger partial charge is 0.342 e. The van der Waals surface area contributed by atoms with Gasteiger partial charge in [-0.05, 0) is 32.0 Å². The summed E-state index contributed by atoms with van der Waals surface area (Å²) in [5.41, 5.74) is 0.807. The molecular formula is C15H18ClNO4. The summed E-state index contributed by atoms with van der Waals surface area (Å²) >= 11 is 5.68. The van der Waals surface area contributed by atoms with E-state index in [0.29, 0.717) is 18.1 Å². The number of hydrogen-bond acceptors (Lipinski definition) is 4. The largest absolute Gasteiger partial charge is 0.507 e. The number of amides is 1. The van der Waals surface area contributed by atoms with Crippen LogP contribution in [0.2, 0.25) is 5.02 Å². The van der Waals surface area contributed by atoms with Crippen molar-refractivity contribution in [3.05, 3.63) is 40.9 Å². The van der Waals surface area contributed by atoms with Gasteiger partial charge in [-0.25, -0.2) is 4.79 Å². The number of rotatable bonds is 6. The second-order valence-corrected chi connectivity index (χ2v) is 5.04. The molecule has 0 aliphatic rings. The van der Waals surface area contributed by atoms with Crippen molar-refractivity contribution in [1.29, 1.82) is 0 Å². The summed E-state index contributed by atoms with van der Waals surface area (Å²) in [4.78, 5) is 25.2. The molecule has 0 aliphatic heterocycles. The number of benzene rings is 1. The summed E-state index contributed by atoms with van der Waals surface area (Å²) in [6, 6.07) is 4.04. The lowest BCUT2D eigenvalue weighted by Crippen LogP contribution is -2.35. The molecule has 0 fully saturated rings. The van der Waals surface area contributed by atoms with Gasteiger partial charge in [-0.2, -0.15) is 0 Å². The number of aromatic hydroxyl groups is 1. The van der Waals surface area contributed by atoms with E-state index in [1.165, 1.54) is 23.1 Å². The van der Waals surface area contributed by atoms with Crippen LogP contribution in [0.3, 0.4) is 0 Å². The van der Waals surface area contributed by atoms with Crippen LogP contribution in [0, 0.1) is 0 Å². The molecule has 21 heavy (non-hydrogen) atoms. The van der Waals surface area contributed by atoms with Gasteiger partial charge in [0.2, 0.25) is 0 Å². The highest BCUT2D eigenvalue weighted by atomic mass is 35.5. The predicted molar refractivity (Wildman–Crippen MR) is 80.5 cm³/mol. The SMILES string of the molecule is C=C(C)CN(CC)C(=O)COC(=O)c1ccc(Cl)cc1O. The van der Waals surface area contributed by atoms with Gasteiger partial charge in [-0.3, -0.25) is 4.79 Å². The van der Waals surface area contributed by atoms with Crippen molar-refractivity contribution >= 4 is 23.5 Å². The van der Waals surface area contributed by atoms with E-state index in [1.807, 2.05) is 13.8 Å². The first kappa shape index (κ1) is 17.0. The van der Waals surface area contributed by atoms with Gasteiger partial charge in [0.1, 0.15) is 11.3 Å². The Bertz CT molecular complexity index is 557. The Morgan fingerprint density at radius 2 is 2.10 bits per heavy atom. The summed E-state index contributed by atoms with van der Waals surface area (Å²) in [5.74, 6) is -1.37. The van der Waals surface area contributed by atoms with Crippen LogP contribution >= 0.6 is 11.6 Å². The molecule has 0 aromatic heterocycles. The van der Waals surface area contributed by atoms with Crippen molar-refractivity contribution in [3.63, 3.8) is 0 Å². The molecule has 0 atom stereocenters. The minimum atomic E-state index is -0.774. The molecule has 1 aromatic carbocycles. The van der Waals surface area contributed by atoms with E-state index in [2.05, 4.69) is 6.58 Å². The van der Waals surface area contributed by atoms with Crippen LogP contribution in [0.15, 0.2) is 30.4 Å². The molecule has 0 spiro atoms. The molecule has 5 nitrogen and oxygen atoms in total. The monoisotopic (exact) mass is 311 g/mol. The zero-order valence-electron chi connectivity index (χ0n) is 12.1. The van der Waals surface area contributed by atoms with Crippen molar-refractivity contribution in [2.24, 2.45) is 0 Å². The number of hydrogen-bond donors (Lipinski definition) is 1. The highest BCUT2D eigenvalue weighted by Gasteiger charge is 2.17. The van der Waals surface area contributed by atoms with Gasteiger partial charge in [0, 0.05) is 18.1 Å². The van der Waals surface area contributed by atoms with E-state index in [4.69, 9.17) is 16.3 Å². The quantitative estimate of drug-likeness (QED) is 0.648. The van der Waals surface area contributed by atoms with E-state index >= 15 is 0 Å². The van der Waals surface area contributed by atoms with Crippen molar-refractivity contribution in [2.45, 2.75) is 13.8 Å². The number of ether oxygens (including phenoxy) is 1. The highest BCUT2D eigenvalue weighted by molar-refractivity contribution is 6.30. The van der Waals surface area contributed by atoms with Crippen LogP contribution in [0.25, 0.3) is 0 Å². The first-order chi connectivity index (χ1) is 9.85. The average molecular weight is 312 g/mol. The molecule has 0 radical (unpaired) electrons. The third-order valence-electron chi connectivity index (χ3n) is 2.70. The number of esters is 1. The van der Waals surface area contributed by atoms with E-state index in [-0.39, 0.29) is 23.8 Å². The number of likely N-dealkylation sites (N-methyl/N-ethyl adjacent to an activating group) is 1. The molecule has 0 heterocycles. The Morgan fingerprint density at radius 1 is 1.43 bits per heavy atom. The van der Waals surface area contributed by atoms with Crippen LogP contribution in [-0.2, 0) is 9.53 Å². The molecule has 0 saturated carbocycles. The number of halogens is 1. The normalized spacial score (nSPS) is 10.0. The Morgan fingerprint density at radius 3 is 2.62 bits per heavy atom. The Labute approximate surface area is 128 Å². The van der Waals surface area contributed by atoms with E-state index in [9.17, 15) is 14.7 Å². The number of carbonyl (C=O) groups is 2. The topological polar surface area (TPSA) is 66.8 Å². The lowest BCUT2D eigenvalue weighted by Gasteiger charge is -2.20. The molecule has 1 amide bonds. The molecule has 1 rings (SSSR count). The molecule has 0 aliphatic carbocycles. The molecule has 0 unspecified atom stereocenters. The summed E-state index contributed by atoms with van der Waals surface area (Å²) in [7, 11) is 0. The Kier molecular flexibility index (Phi) is 6.24. The van der Waals surface area contributed by atoms with Crippen LogP contribution in [0.4, 0.5) is 0 Å². The van der Waals surface area contributed by atoms with Gasteiger partial charge in [0.25, 0.3) is 5.91 Å². The van der Waals surface area contributed by atoms with Crippen LogP contribution in [-0.4, -0.2) is 41.6 Å². The zero-order valence-corrected chi connectivity index (χ0v) is 12.8. The van der Waals surface area contributed by atoms with Crippen molar-refractivity contribution in [3.8, 4) is 5.75 Å². The minimum absolute atomic E-state index is 0.0323. The fraction of sp³-hybridized carbons (Fsp3) is 0.333. The zero-order chi connectivity index (χ0) is 16.0. The lowest BCUT2D eigenvalue weighted by molar-refractivity contribution is -0.133. The highest BCUT2D eigenvalue weighted by Crippen LogP contribution is 2.22. The number of phenols is 1. The van der Waals surface area contributed by atoms with E-state index < -0.39 is 5.97 Å². The maximum Gasteiger partial charge on any atom is 0.342 e. The summed E-state index contributed by atoms with van der Waals surface area (Å²) in [6.07, 6.45) is 0. The van der Waals surface area contributed by atoms with Crippen LogP contribution < -0.4 is 0 Å². The molecular weight excluding hydrogens is 294 g/mol. The molecule has 0 bridgehead atoms. The Hall–Kier alpha value is -2.01. The van der Waals surface area contributed by atoms with Crippen molar-refractivity contribution in [2.75, 3.05) is 19.7 Å². The second kappa shape index (κ2) is 7.69. The number of nitrogens with zero attached hydrogens (tertiary/aromatic N) is 1. The maximum atomic E-state index is 11.9. The maximum absolute atomic E-state index is 11.9. The molecule has 114 valence electrons. The molecule has 1 N–H and O–H groups in total. The number of phenolic OH excluding ortho intramolecular Hbond substituents is 1. The first-order valence-electron chi connectivity index (χ1n) is 6.43. The van der Waals surface area contributed by atoms with Crippen LogP contribution in [0.5, 0.6) is 5.75 Å². The standard InChI is InChI=1S/C15H18ClNO4/c1-4-17(8-10(2)3)14(19)9-21-15(20)12-6-5-11(16)7-13(12)18/h5-7,18H,2,4,8-9H2,1,3H3. The predicted octanol–water partition coefficient (Wildman–Crippen LogP) is 2.63. The fourth-order valence-corrected chi connectivity index (χ4v) is 1.84. The third kappa shape index (κ3) is 5.11. The average Bonchev–Trinajstić information content (AvgIpc) is 2.41. The van der Waals surface area contributed by atoms with E-state index in [1.54, 1.807) is 0 Å². The van der Waals surface area contributed by atoms with Gasteiger partial charge in [0.05, 0.1) is 0 Å². The van der Waals surface area contributed by atoms with Gasteiger partial charge in [0.15, 0.2) is 6.61 Å². The lowest BCUT2D eigenvalue weighted by atomic mass is 10.2. The molecule has 1 aromatic rings. The Balaban J connectivity index is 2.63. The molecule has 0 saturated heterocycles. The first-order valence-corrected chi connectivity index (χ1v) is 6.80. The van der Waals surface area contributed by atoms with Gasteiger partial charge in [-0.1, -0.05) is 23.8 Å². The van der Waals surface area contributed by atoms with Gasteiger partial charge < -0.3 is 14.7 Å². The fourth-order valence-electron chi connectivity index (χ4n) is 1.68.